The Kier molecular flexibility index (Phi) is 6.75. The van der Waals surface area contributed by atoms with Crippen LogP contribution in [0.5, 0.6) is 23.3 Å². The number of hydrogen-bond acceptors (Lipinski definition) is 5. The summed E-state index contributed by atoms with van der Waals surface area (Å²) < 4.78 is 40.2. The van der Waals surface area contributed by atoms with Gasteiger partial charge in [0.25, 0.3) is 11.8 Å². The molecular weight excluding hydrogens is 454 g/mol. The molecule has 35 heavy (non-hydrogen) atoms. The van der Waals surface area contributed by atoms with E-state index in [1.54, 1.807) is 26.0 Å². The van der Waals surface area contributed by atoms with E-state index in [1.807, 2.05) is 36.4 Å². The first kappa shape index (κ1) is 23.8. The number of benzene rings is 3. The van der Waals surface area contributed by atoms with E-state index in [-0.39, 0.29) is 11.3 Å². The Morgan fingerprint density at radius 2 is 1.57 bits per heavy atom. The lowest BCUT2D eigenvalue weighted by Crippen LogP contribution is -2.03. The number of carboxylic acid groups (broad SMARTS) is 1. The second-order valence-corrected chi connectivity index (χ2v) is 7.96. The fourth-order valence-electron chi connectivity index (χ4n) is 3.44. The predicted molar refractivity (Wildman–Crippen MR) is 127 cm³/mol. The van der Waals surface area contributed by atoms with Gasteiger partial charge in [-0.05, 0) is 65.9 Å². The Morgan fingerprint density at radius 3 is 2.26 bits per heavy atom. The highest BCUT2D eigenvalue weighted by Crippen LogP contribution is 2.34. The van der Waals surface area contributed by atoms with Crippen LogP contribution in [0.2, 0.25) is 0 Å². The molecule has 4 aromatic rings. The average molecular weight is 476 g/mol. The van der Waals surface area contributed by atoms with Gasteiger partial charge in [0, 0.05) is 12.6 Å². The number of halogens is 2. The van der Waals surface area contributed by atoms with Crippen molar-refractivity contribution in [2.24, 2.45) is 5.73 Å². The number of carboxylic acids is 1. The van der Waals surface area contributed by atoms with Crippen LogP contribution in [-0.4, -0.2) is 16.1 Å². The topological polar surface area (TPSA) is 94.7 Å². The molecule has 6 nitrogen and oxygen atoms in total. The molecule has 0 unspecified atom stereocenters. The van der Waals surface area contributed by atoms with Crippen molar-refractivity contribution in [1.29, 1.82) is 0 Å². The molecule has 0 aliphatic carbocycles. The van der Waals surface area contributed by atoms with Crippen LogP contribution in [0.25, 0.3) is 11.1 Å². The van der Waals surface area contributed by atoms with Crippen LogP contribution in [0.15, 0.2) is 66.7 Å². The van der Waals surface area contributed by atoms with Crippen LogP contribution in [0.1, 0.15) is 27.0 Å². The van der Waals surface area contributed by atoms with Gasteiger partial charge in [0.1, 0.15) is 17.1 Å². The van der Waals surface area contributed by atoms with Crippen LogP contribution in [0.4, 0.5) is 8.78 Å². The van der Waals surface area contributed by atoms with E-state index in [1.165, 1.54) is 12.1 Å². The Labute approximate surface area is 200 Å². The second kappa shape index (κ2) is 9.90. The summed E-state index contributed by atoms with van der Waals surface area (Å²) in [5.74, 6) is -4.33. The van der Waals surface area contributed by atoms with E-state index < -0.39 is 29.4 Å². The monoisotopic (exact) mass is 476 g/mol. The molecule has 0 saturated carbocycles. The minimum absolute atomic E-state index is 0.126. The Hall–Kier alpha value is -4.30. The zero-order valence-electron chi connectivity index (χ0n) is 19.0. The molecule has 4 rings (SSSR count). The van der Waals surface area contributed by atoms with E-state index >= 15 is 0 Å². The van der Waals surface area contributed by atoms with Crippen molar-refractivity contribution in [2.45, 2.75) is 20.4 Å². The maximum absolute atomic E-state index is 14.6. The van der Waals surface area contributed by atoms with Crippen LogP contribution >= 0.6 is 0 Å². The van der Waals surface area contributed by atoms with Gasteiger partial charge in [0.15, 0.2) is 11.6 Å². The molecule has 0 spiro atoms. The fourth-order valence-corrected chi connectivity index (χ4v) is 3.44. The van der Waals surface area contributed by atoms with Crippen molar-refractivity contribution in [1.82, 2.24) is 4.98 Å². The molecule has 0 saturated heterocycles. The molecule has 3 aromatic carbocycles. The minimum atomic E-state index is -1.26. The summed E-state index contributed by atoms with van der Waals surface area (Å²) in [6, 6.07) is 18.0. The van der Waals surface area contributed by atoms with Crippen molar-refractivity contribution in [3.05, 3.63) is 101 Å². The number of pyridine rings is 1. The van der Waals surface area contributed by atoms with E-state index in [0.29, 0.717) is 29.5 Å². The summed E-state index contributed by atoms with van der Waals surface area (Å²) in [5, 5.41) is 9.40. The van der Waals surface area contributed by atoms with Gasteiger partial charge in [-0.1, -0.05) is 36.4 Å². The number of ether oxygens (including phenoxy) is 2. The van der Waals surface area contributed by atoms with E-state index in [0.717, 1.165) is 16.7 Å². The van der Waals surface area contributed by atoms with Gasteiger partial charge < -0.3 is 20.3 Å². The molecule has 0 amide bonds. The lowest BCUT2D eigenvalue weighted by molar-refractivity contribution is 0.0694. The summed E-state index contributed by atoms with van der Waals surface area (Å²) >= 11 is 0. The second-order valence-electron chi connectivity index (χ2n) is 7.96. The predicted octanol–water partition coefficient (Wildman–Crippen LogP) is 6.39. The highest BCUT2D eigenvalue weighted by atomic mass is 19.1. The Morgan fingerprint density at radius 1 is 0.886 bits per heavy atom. The molecule has 178 valence electrons. The molecule has 0 bridgehead atoms. The highest BCUT2D eigenvalue weighted by Gasteiger charge is 2.20. The van der Waals surface area contributed by atoms with Crippen molar-refractivity contribution in [3.8, 4) is 34.4 Å². The standard InChI is InChI=1S/C27H22F2N2O4/c1-15-6-9-20(27(32)33)24(10-15)35-26-22(29)13-21(28)25(31-26)34-23-12-19(8-7-16(23)2)18-5-3-4-17(11-18)14-30/h3-13H,14,30H2,1-2H3,(H,32,33). The van der Waals surface area contributed by atoms with Gasteiger partial charge in [-0.25, -0.2) is 13.6 Å². The third-order valence-corrected chi connectivity index (χ3v) is 5.33. The lowest BCUT2D eigenvalue weighted by atomic mass is 10.0. The van der Waals surface area contributed by atoms with E-state index in [9.17, 15) is 18.7 Å². The third kappa shape index (κ3) is 5.28. The van der Waals surface area contributed by atoms with Crippen molar-refractivity contribution in [2.75, 3.05) is 0 Å². The van der Waals surface area contributed by atoms with Crippen LogP contribution < -0.4 is 15.2 Å². The van der Waals surface area contributed by atoms with E-state index in [4.69, 9.17) is 15.2 Å². The molecule has 0 fully saturated rings. The number of nitrogens with zero attached hydrogens (tertiary/aromatic N) is 1. The van der Waals surface area contributed by atoms with Gasteiger partial charge in [-0.2, -0.15) is 4.98 Å². The van der Waals surface area contributed by atoms with Crippen LogP contribution in [0.3, 0.4) is 0 Å². The molecule has 0 radical (unpaired) electrons. The number of rotatable bonds is 7. The smallest absolute Gasteiger partial charge is 0.339 e. The van der Waals surface area contributed by atoms with Crippen molar-refractivity contribution >= 4 is 5.97 Å². The first-order valence-corrected chi connectivity index (χ1v) is 10.7. The number of nitrogens with two attached hydrogens (primary N) is 1. The third-order valence-electron chi connectivity index (χ3n) is 5.33. The zero-order valence-corrected chi connectivity index (χ0v) is 19.0. The lowest BCUT2D eigenvalue weighted by Gasteiger charge is -2.14. The molecular formula is C27H22F2N2O4. The van der Waals surface area contributed by atoms with Gasteiger partial charge in [0.05, 0.1) is 0 Å². The highest BCUT2D eigenvalue weighted by molar-refractivity contribution is 5.91. The normalized spacial score (nSPS) is 10.8. The van der Waals surface area contributed by atoms with Crippen LogP contribution in [0, 0.1) is 25.5 Å². The number of aromatic nitrogens is 1. The SMILES string of the molecule is Cc1ccc(C(=O)O)c(Oc2nc(Oc3cc(-c4cccc(CN)c4)ccc3C)c(F)cc2F)c1. The van der Waals surface area contributed by atoms with Crippen LogP contribution in [-0.2, 0) is 6.54 Å². The summed E-state index contributed by atoms with van der Waals surface area (Å²) in [5.41, 5.74) is 9.60. The number of aromatic carboxylic acids is 1. The number of hydrogen-bond donors (Lipinski definition) is 2. The number of carbonyl (C=O) groups is 1. The largest absolute Gasteiger partial charge is 0.478 e. The van der Waals surface area contributed by atoms with Crippen molar-refractivity contribution in [3.63, 3.8) is 0 Å². The average Bonchev–Trinajstić information content (AvgIpc) is 2.83. The van der Waals surface area contributed by atoms with Gasteiger partial charge in [0.2, 0.25) is 0 Å². The van der Waals surface area contributed by atoms with E-state index in [2.05, 4.69) is 4.98 Å². The van der Waals surface area contributed by atoms with Crippen molar-refractivity contribution < 1.29 is 28.2 Å². The molecule has 0 atom stereocenters. The summed E-state index contributed by atoms with van der Waals surface area (Å²) in [7, 11) is 0. The Bertz CT molecular complexity index is 1420. The molecule has 8 heteroatoms. The minimum Gasteiger partial charge on any atom is -0.478 e. The maximum atomic E-state index is 14.6. The summed E-state index contributed by atoms with van der Waals surface area (Å²) in [6.45, 7) is 3.89. The first-order chi connectivity index (χ1) is 16.7. The maximum Gasteiger partial charge on any atom is 0.339 e. The Balaban J connectivity index is 1.69. The number of aryl methyl sites for hydroxylation is 2. The van der Waals surface area contributed by atoms with Gasteiger partial charge >= 0.3 is 5.97 Å². The van der Waals surface area contributed by atoms with Gasteiger partial charge in [-0.3, -0.25) is 0 Å². The molecule has 3 N–H and O–H groups in total. The summed E-state index contributed by atoms with van der Waals surface area (Å²) in [4.78, 5) is 15.4. The quantitative estimate of drug-likeness (QED) is 0.321. The van der Waals surface area contributed by atoms with Gasteiger partial charge in [-0.15, -0.1) is 0 Å². The first-order valence-electron chi connectivity index (χ1n) is 10.7. The molecule has 1 heterocycles. The zero-order chi connectivity index (χ0) is 25.1. The fraction of sp³-hybridized carbons (Fsp3) is 0.111. The molecule has 0 aliphatic heterocycles. The summed E-state index contributed by atoms with van der Waals surface area (Å²) in [6.07, 6.45) is 0. The molecule has 1 aromatic heterocycles. The molecule has 0 aliphatic rings.